The highest BCUT2D eigenvalue weighted by molar-refractivity contribution is 6.09. The van der Waals surface area contributed by atoms with Gasteiger partial charge in [0.2, 0.25) is 0 Å². The van der Waals surface area contributed by atoms with Gasteiger partial charge in [-0.3, -0.25) is 14.6 Å². The number of methoxy groups -OCH3 is 1. The normalized spacial score (nSPS) is 13.0. The molecule has 0 radical (unpaired) electrons. The first kappa shape index (κ1) is 29.1. The van der Waals surface area contributed by atoms with E-state index >= 15 is 0 Å². The van der Waals surface area contributed by atoms with Crippen LogP contribution in [0.5, 0.6) is 5.75 Å². The summed E-state index contributed by atoms with van der Waals surface area (Å²) in [5, 5.41) is 13.9. The Morgan fingerprint density at radius 1 is 1.28 bits per heavy atom. The molecule has 0 fully saturated rings. The minimum atomic E-state index is -5.08. The van der Waals surface area contributed by atoms with E-state index in [1.54, 1.807) is 20.1 Å². The SMILES string of the molecule is CO[C@H](C)CNC(=O)c1cc2c(Nc3cccc4c3CCO4)c(C(N)=O)cnc2c(C)n1.O=C(O)C(F)(F)F. The molecule has 3 heterocycles. The monoisotopic (exact) mass is 549 g/mol. The standard InChI is InChI=1S/C23H25N5O4.C2HF3O2/c1-12(31-3)10-26-23(30)18-9-15-20(13(2)27-18)25-11-16(22(24)29)21(15)28-17-5-4-6-19-14(17)7-8-32-19;3-2(4,5)1(6)7/h4-6,9,11-12H,7-8,10H2,1-3H3,(H2,24,29)(H,25,28)(H,26,30);(H,6,7)/t12-;/m1./s1. The van der Waals surface area contributed by atoms with E-state index < -0.39 is 18.1 Å². The second-order valence-electron chi connectivity index (χ2n) is 8.47. The molecule has 11 nitrogen and oxygen atoms in total. The number of hydrogen-bond donors (Lipinski definition) is 4. The lowest BCUT2D eigenvalue weighted by Gasteiger charge is -2.17. The average molecular weight is 550 g/mol. The number of carboxylic acids is 1. The molecule has 2 aromatic heterocycles. The van der Waals surface area contributed by atoms with Crippen LogP contribution < -0.4 is 21.1 Å². The molecule has 1 aromatic carbocycles. The molecule has 1 atom stereocenters. The molecule has 1 aliphatic heterocycles. The molecule has 0 saturated heterocycles. The van der Waals surface area contributed by atoms with Crippen LogP contribution in [-0.2, 0) is 16.0 Å². The predicted molar refractivity (Wildman–Crippen MR) is 134 cm³/mol. The molecule has 39 heavy (non-hydrogen) atoms. The molecule has 0 unspecified atom stereocenters. The first-order valence-corrected chi connectivity index (χ1v) is 11.6. The van der Waals surface area contributed by atoms with Gasteiger partial charge in [0.05, 0.1) is 35.2 Å². The van der Waals surface area contributed by atoms with Gasteiger partial charge in [0.1, 0.15) is 11.4 Å². The van der Waals surface area contributed by atoms with Crippen LogP contribution in [0.25, 0.3) is 10.9 Å². The molecule has 0 saturated carbocycles. The first-order valence-electron chi connectivity index (χ1n) is 11.6. The van der Waals surface area contributed by atoms with Gasteiger partial charge in [0, 0.05) is 42.9 Å². The van der Waals surface area contributed by atoms with Gasteiger partial charge in [0.15, 0.2) is 0 Å². The van der Waals surface area contributed by atoms with Crippen molar-refractivity contribution in [1.82, 2.24) is 15.3 Å². The van der Waals surface area contributed by atoms with Crippen LogP contribution in [0.2, 0.25) is 0 Å². The van der Waals surface area contributed by atoms with Gasteiger partial charge >= 0.3 is 12.1 Å². The van der Waals surface area contributed by atoms with Crippen molar-refractivity contribution >= 4 is 40.1 Å². The van der Waals surface area contributed by atoms with E-state index in [4.69, 9.17) is 25.1 Å². The second-order valence-corrected chi connectivity index (χ2v) is 8.47. The number of carboxylic acid groups (broad SMARTS) is 1. The van der Waals surface area contributed by atoms with Crippen LogP contribution in [0, 0.1) is 6.92 Å². The summed E-state index contributed by atoms with van der Waals surface area (Å²) in [6, 6.07) is 7.32. The number of rotatable bonds is 7. The van der Waals surface area contributed by atoms with Crippen molar-refractivity contribution in [2.75, 3.05) is 25.6 Å². The van der Waals surface area contributed by atoms with Crippen LogP contribution >= 0.6 is 0 Å². The summed E-state index contributed by atoms with van der Waals surface area (Å²) in [5.74, 6) is -2.92. The van der Waals surface area contributed by atoms with Crippen molar-refractivity contribution < 1.29 is 42.1 Å². The van der Waals surface area contributed by atoms with Crippen molar-refractivity contribution in [2.45, 2.75) is 32.5 Å². The average Bonchev–Trinajstić information content (AvgIpc) is 3.37. The molecule has 0 aliphatic carbocycles. The number of carbonyl (C=O) groups is 3. The summed E-state index contributed by atoms with van der Waals surface area (Å²) >= 11 is 0. The minimum Gasteiger partial charge on any atom is -0.493 e. The molecule has 4 rings (SSSR count). The Morgan fingerprint density at radius 2 is 1.97 bits per heavy atom. The highest BCUT2D eigenvalue weighted by Gasteiger charge is 2.38. The highest BCUT2D eigenvalue weighted by atomic mass is 19.4. The fraction of sp³-hybridized carbons (Fsp3) is 0.320. The zero-order valence-corrected chi connectivity index (χ0v) is 21.2. The Labute approximate surface area is 220 Å². The third-order valence-electron chi connectivity index (χ3n) is 5.72. The molecule has 5 N–H and O–H groups in total. The fourth-order valence-corrected chi connectivity index (χ4v) is 3.68. The van der Waals surface area contributed by atoms with E-state index in [1.807, 2.05) is 25.1 Å². The first-order chi connectivity index (χ1) is 18.3. The Bertz CT molecular complexity index is 1410. The number of fused-ring (bicyclic) bond motifs is 2. The maximum Gasteiger partial charge on any atom is 0.490 e. The van der Waals surface area contributed by atoms with Gasteiger partial charge in [0.25, 0.3) is 11.8 Å². The van der Waals surface area contributed by atoms with Gasteiger partial charge in [-0.25, -0.2) is 9.78 Å². The number of nitrogens with two attached hydrogens (primary N) is 1. The smallest absolute Gasteiger partial charge is 0.490 e. The lowest BCUT2D eigenvalue weighted by molar-refractivity contribution is -0.192. The van der Waals surface area contributed by atoms with Gasteiger partial charge in [-0.15, -0.1) is 0 Å². The largest absolute Gasteiger partial charge is 0.493 e. The Balaban J connectivity index is 0.000000532. The number of pyridine rings is 2. The van der Waals surface area contributed by atoms with Gasteiger partial charge in [-0.05, 0) is 32.0 Å². The van der Waals surface area contributed by atoms with Crippen LogP contribution in [0.3, 0.4) is 0 Å². The van der Waals surface area contributed by atoms with Crippen molar-refractivity contribution in [3.8, 4) is 5.75 Å². The van der Waals surface area contributed by atoms with Crippen molar-refractivity contribution in [3.05, 3.63) is 53.0 Å². The van der Waals surface area contributed by atoms with Gasteiger partial charge in [-0.1, -0.05) is 6.07 Å². The van der Waals surface area contributed by atoms with Crippen molar-refractivity contribution in [3.63, 3.8) is 0 Å². The molecule has 208 valence electrons. The van der Waals surface area contributed by atoms with E-state index in [0.717, 1.165) is 23.4 Å². The third-order valence-corrected chi connectivity index (χ3v) is 5.72. The number of primary amides is 1. The topological polar surface area (TPSA) is 166 Å². The molecule has 14 heteroatoms. The lowest BCUT2D eigenvalue weighted by Crippen LogP contribution is -2.32. The van der Waals surface area contributed by atoms with Crippen LogP contribution in [-0.4, -0.2) is 65.4 Å². The van der Waals surface area contributed by atoms with Gasteiger partial charge < -0.3 is 30.9 Å². The number of aryl methyl sites for hydroxylation is 1. The number of halogens is 3. The number of benzene rings is 1. The summed E-state index contributed by atoms with van der Waals surface area (Å²) in [6.07, 6.45) is -3.04. The van der Waals surface area contributed by atoms with Crippen LogP contribution in [0.4, 0.5) is 24.5 Å². The number of aliphatic carboxylic acids is 1. The minimum absolute atomic E-state index is 0.136. The van der Waals surface area contributed by atoms with E-state index in [9.17, 15) is 22.8 Å². The number of anilines is 2. The summed E-state index contributed by atoms with van der Waals surface area (Å²) < 4.78 is 42.6. The van der Waals surface area contributed by atoms with Crippen LogP contribution in [0.1, 0.15) is 39.0 Å². The zero-order valence-electron chi connectivity index (χ0n) is 21.2. The Hall–Kier alpha value is -4.46. The predicted octanol–water partition coefficient (Wildman–Crippen LogP) is 3.11. The number of hydrogen-bond acceptors (Lipinski definition) is 8. The van der Waals surface area contributed by atoms with E-state index in [2.05, 4.69) is 20.6 Å². The molecule has 0 bridgehead atoms. The van der Waals surface area contributed by atoms with E-state index in [1.165, 1.54) is 6.20 Å². The second kappa shape index (κ2) is 11.9. The number of nitrogens with one attached hydrogen (secondary N) is 2. The number of aromatic nitrogens is 2. The summed E-state index contributed by atoms with van der Waals surface area (Å²) in [5.41, 5.74) is 9.53. The number of ether oxygens (including phenoxy) is 2. The maximum absolute atomic E-state index is 12.7. The quantitative estimate of drug-likeness (QED) is 0.346. The molecule has 0 spiro atoms. The van der Waals surface area contributed by atoms with Crippen molar-refractivity contribution in [1.29, 1.82) is 0 Å². The van der Waals surface area contributed by atoms with E-state index in [-0.39, 0.29) is 23.3 Å². The Kier molecular flexibility index (Phi) is 8.91. The number of nitrogens with zero attached hydrogens (tertiary/aromatic N) is 2. The number of carbonyl (C=O) groups excluding carboxylic acids is 2. The highest BCUT2D eigenvalue weighted by Crippen LogP contribution is 2.36. The lowest BCUT2D eigenvalue weighted by atomic mass is 10.1. The van der Waals surface area contributed by atoms with Crippen molar-refractivity contribution in [2.24, 2.45) is 5.73 Å². The van der Waals surface area contributed by atoms with Gasteiger partial charge in [-0.2, -0.15) is 13.2 Å². The number of alkyl halides is 3. The molecule has 1 aliphatic rings. The summed E-state index contributed by atoms with van der Waals surface area (Å²) in [4.78, 5) is 42.6. The molecule has 3 aromatic rings. The molecule has 2 amide bonds. The van der Waals surface area contributed by atoms with Crippen LogP contribution in [0.15, 0.2) is 30.5 Å². The molecular weight excluding hydrogens is 523 g/mol. The third kappa shape index (κ3) is 6.90. The van der Waals surface area contributed by atoms with E-state index in [0.29, 0.717) is 35.4 Å². The molecular formula is C25H26F3N5O6. The Morgan fingerprint density at radius 3 is 2.59 bits per heavy atom. The summed E-state index contributed by atoms with van der Waals surface area (Å²) in [7, 11) is 1.58. The fourth-order valence-electron chi connectivity index (χ4n) is 3.68. The summed E-state index contributed by atoms with van der Waals surface area (Å²) in [6.45, 7) is 4.56. The number of amides is 2. The maximum atomic E-state index is 12.7. The zero-order chi connectivity index (χ0) is 28.9.